The molecule has 112 valence electrons. The normalized spacial score (nSPS) is 22.6. The Labute approximate surface area is 117 Å². The van der Waals surface area contributed by atoms with Crippen molar-refractivity contribution in [2.24, 2.45) is 5.41 Å². The number of hydrogen-bond donors (Lipinski definition) is 2. The van der Waals surface area contributed by atoms with Gasteiger partial charge in [0.2, 0.25) is 0 Å². The molecule has 3 N–H and O–H groups in total. The molecule has 0 spiro atoms. The van der Waals surface area contributed by atoms with Crippen molar-refractivity contribution in [1.29, 1.82) is 0 Å². The number of hydrogen-bond acceptors (Lipinski definition) is 2. The fourth-order valence-corrected chi connectivity index (χ4v) is 2.82. The van der Waals surface area contributed by atoms with Crippen LogP contribution in [0, 0.1) is 5.41 Å². The Morgan fingerprint density at radius 1 is 1.25 bits per heavy atom. The lowest BCUT2D eigenvalue weighted by molar-refractivity contribution is -0.137. The second kappa shape index (κ2) is 5.19. The molecule has 0 aromatic heterocycles. The number of alkyl halides is 3. The van der Waals surface area contributed by atoms with E-state index in [1.165, 1.54) is 12.5 Å². The molecule has 1 aromatic rings. The minimum absolute atomic E-state index is 0.132. The maximum Gasteiger partial charge on any atom is 0.416 e. The first-order valence-electron chi connectivity index (χ1n) is 6.93. The van der Waals surface area contributed by atoms with Gasteiger partial charge in [0.25, 0.3) is 0 Å². The van der Waals surface area contributed by atoms with Gasteiger partial charge in [0.1, 0.15) is 0 Å². The molecule has 0 heterocycles. The summed E-state index contributed by atoms with van der Waals surface area (Å²) in [7, 11) is 0. The second-order valence-electron chi connectivity index (χ2n) is 6.23. The Morgan fingerprint density at radius 2 is 1.95 bits per heavy atom. The SMILES string of the molecule is CC1(C)CCCCC1Nc1ccc(C(F)(F)F)cc1N. The van der Waals surface area contributed by atoms with Crippen LogP contribution in [-0.4, -0.2) is 6.04 Å². The average Bonchev–Trinajstić information content (AvgIpc) is 2.32. The number of nitrogens with two attached hydrogens (primary N) is 1. The van der Waals surface area contributed by atoms with Crippen LogP contribution in [0.2, 0.25) is 0 Å². The minimum atomic E-state index is -4.35. The van der Waals surface area contributed by atoms with Crippen molar-refractivity contribution >= 4 is 11.4 Å². The van der Waals surface area contributed by atoms with Crippen molar-refractivity contribution in [1.82, 2.24) is 0 Å². The summed E-state index contributed by atoms with van der Waals surface area (Å²) in [6.45, 7) is 4.37. The molecule has 20 heavy (non-hydrogen) atoms. The van der Waals surface area contributed by atoms with Gasteiger partial charge in [-0.05, 0) is 36.5 Å². The summed E-state index contributed by atoms with van der Waals surface area (Å²) in [5, 5.41) is 3.33. The predicted octanol–water partition coefficient (Wildman–Crippen LogP) is 4.67. The van der Waals surface area contributed by atoms with Crippen LogP contribution in [-0.2, 0) is 6.18 Å². The van der Waals surface area contributed by atoms with E-state index < -0.39 is 11.7 Å². The molecule has 0 amide bonds. The molecule has 0 saturated heterocycles. The van der Waals surface area contributed by atoms with Crippen LogP contribution in [0.4, 0.5) is 24.5 Å². The van der Waals surface area contributed by atoms with Gasteiger partial charge < -0.3 is 11.1 Å². The van der Waals surface area contributed by atoms with Crippen molar-refractivity contribution in [3.05, 3.63) is 23.8 Å². The first kappa shape index (κ1) is 15.0. The van der Waals surface area contributed by atoms with Gasteiger partial charge in [-0.2, -0.15) is 13.2 Å². The first-order valence-corrected chi connectivity index (χ1v) is 6.93. The number of halogens is 3. The van der Waals surface area contributed by atoms with Crippen LogP contribution in [0.5, 0.6) is 0 Å². The summed E-state index contributed by atoms with van der Waals surface area (Å²) in [4.78, 5) is 0. The molecule has 0 bridgehead atoms. The Balaban J connectivity index is 2.18. The van der Waals surface area contributed by atoms with E-state index in [2.05, 4.69) is 19.2 Å². The average molecular weight is 286 g/mol. The topological polar surface area (TPSA) is 38.0 Å². The van der Waals surface area contributed by atoms with Gasteiger partial charge in [0.15, 0.2) is 0 Å². The molecule has 1 atom stereocenters. The van der Waals surface area contributed by atoms with Crippen LogP contribution in [0.1, 0.15) is 45.1 Å². The number of rotatable bonds is 2. The van der Waals surface area contributed by atoms with E-state index in [0.717, 1.165) is 31.4 Å². The van der Waals surface area contributed by atoms with Crippen molar-refractivity contribution in [3.8, 4) is 0 Å². The number of nitrogens with one attached hydrogen (secondary N) is 1. The molecule has 1 aliphatic carbocycles. The minimum Gasteiger partial charge on any atom is -0.397 e. The van der Waals surface area contributed by atoms with Crippen molar-refractivity contribution < 1.29 is 13.2 Å². The molecular weight excluding hydrogens is 265 g/mol. The standard InChI is InChI=1S/C15H21F3N2/c1-14(2)8-4-3-5-13(14)20-12-7-6-10(9-11(12)19)15(16,17)18/h6-7,9,13,20H,3-5,8,19H2,1-2H3. The Morgan fingerprint density at radius 3 is 2.50 bits per heavy atom. The van der Waals surface area contributed by atoms with Gasteiger partial charge >= 0.3 is 6.18 Å². The number of anilines is 2. The fourth-order valence-electron chi connectivity index (χ4n) is 2.82. The van der Waals surface area contributed by atoms with Gasteiger partial charge in [0.05, 0.1) is 16.9 Å². The molecule has 5 heteroatoms. The van der Waals surface area contributed by atoms with Gasteiger partial charge in [-0.25, -0.2) is 0 Å². The summed E-state index contributed by atoms with van der Waals surface area (Å²) in [5.74, 6) is 0. The third kappa shape index (κ3) is 3.19. The molecule has 0 aliphatic heterocycles. The zero-order valence-corrected chi connectivity index (χ0v) is 11.8. The van der Waals surface area contributed by atoms with Crippen molar-refractivity contribution in [3.63, 3.8) is 0 Å². The lowest BCUT2D eigenvalue weighted by Gasteiger charge is -2.39. The highest BCUT2D eigenvalue weighted by Crippen LogP contribution is 2.39. The van der Waals surface area contributed by atoms with E-state index in [0.29, 0.717) is 5.69 Å². The van der Waals surface area contributed by atoms with E-state index in [1.807, 2.05) is 0 Å². The summed E-state index contributed by atoms with van der Waals surface area (Å²) in [6, 6.07) is 3.76. The first-order chi connectivity index (χ1) is 9.20. The molecule has 2 nitrogen and oxygen atoms in total. The lowest BCUT2D eigenvalue weighted by Crippen LogP contribution is -2.39. The van der Waals surface area contributed by atoms with Gasteiger partial charge in [-0.15, -0.1) is 0 Å². The second-order valence-corrected chi connectivity index (χ2v) is 6.23. The molecule has 1 aromatic carbocycles. The number of benzene rings is 1. The van der Waals surface area contributed by atoms with E-state index in [4.69, 9.17) is 5.73 Å². The molecule has 2 rings (SSSR count). The zero-order valence-electron chi connectivity index (χ0n) is 11.8. The third-order valence-electron chi connectivity index (χ3n) is 4.22. The Kier molecular flexibility index (Phi) is 3.89. The summed E-state index contributed by atoms with van der Waals surface area (Å²) in [6.07, 6.45) is 0.130. The monoisotopic (exact) mass is 286 g/mol. The number of nitrogen functional groups attached to an aromatic ring is 1. The van der Waals surface area contributed by atoms with Gasteiger partial charge in [0, 0.05) is 6.04 Å². The van der Waals surface area contributed by atoms with Crippen LogP contribution in [0.15, 0.2) is 18.2 Å². The molecule has 1 unspecified atom stereocenters. The molecule has 1 saturated carbocycles. The lowest BCUT2D eigenvalue weighted by atomic mass is 9.73. The Hall–Kier alpha value is -1.39. The molecule has 1 aliphatic rings. The van der Waals surface area contributed by atoms with E-state index in [1.54, 1.807) is 0 Å². The van der Waals surface area contributed by atoms with Crippen LogP contribution >= 0.6 is 0 Å². The molecule has 1 fully saturated rings. The smallest absolute Gasteiger partial charge is 0.397 e. The quantitative estimate of drug-likeness (QED) is 0.775. The summed E-state index contributed by atoms with van der Waals surface area (Å²) < 4.78 is 37.8. The van der Waals surface area contributed by atoms with E-state index in [-0.39, 0.29) is 17.1 Å². The highest BCUT2D eigenvalue weighted by molar-refractivity contribution is 5.67. The highest BCUT2D eigenvalue weighted by atomic mass is 19.4. The van der Waals surface area contributed by atoms with Crippen LogP contribution in [0.25, 0.3) is 0 Å². The van der Waals surface area contributed by atoms with E-state index in [9.17, 15) is 13.2 Å². The van der Waals surface area contributed by atoms with E-state index >= 15 is 0 Å². The maximum atomic E-state index is 12.6. The van der Waals surface area contributed by atoms with Gasteiger partial charge in [-0.1, -0.05) is 26.7 Å². The fraction of sp³-hybridized carbons (Fsp3) is 0.600. The highest BCUT2D eigenvalue weighted by Gasteiger charge is 2.33. The zero-order chi connectivity index (χ0) is 15.0. The Bertz CT molecular complexity index is 480. The van der Waals surface area contributed by atoms with Gasteiger partial charge in [-0.3, -0.25) is 0 Å². The summed E-state index contributed by atoms with van der Waals surface area (Å²) in [5.41, 5.74) is 5.94. The maximum absolute atomic E-state index is 12.6. The molecule has 0 radical (unpaired) electrons. The van der Waals surface area contributed by atoms with Crippen LogP contribution < -0.4 is 11.1 Å². The van der Waals surface area contributed by atoms with Crippen molar-refractivity contribution in [2.45, 2.75) is 51.7 Å². The largest absolute Gasteiger partial charge is 0.416 e. The van der Waals surface area contributed by atoms with Crippen molar-refractivity contribution in [2.75, 3.05) is 11.1 Å². The predicted molar refractivity (Wildman–Crippen MR) is 75.5 cm³/mol. The third-order valence-corrected chi connectivity index (χ3v) is 4.22. The molecular formula is C15H21F3N2. The summed E-state index contributed by atoms with van der Waals surface area (Å²) >= 11 is 0. The van der Waals surface area contributed by atoms with Crippen LogP contribution in [0.3, 0.4) is 0 Å².